The average Bonchev–Trinajstić information content (AvgIpc) is 3.00. The van der Waals surface area contributed by atoms with Crippen molar-refractivity contribution in [3.8, 4) is 0 Å². The standard InChI is InChI=1S/C33H54F3N3O10S/c1-18-15-31(6,43)28(19(2)13-20(3)29(42)47-17-32(7,44)27(41)22(5)37-16-18)49-30-26(40)25(14-21(4)48-30)39(8)50(45,46)38-24-11-9-23(10-12-24)33(34,35)36/h9-12,18-22,25-28,30,37-38,40-41,43-44H,13-17H2,1-8H3/t18?,19?,20?,21-,22?,25+,26-,27?,28?,30+,31?,32?/m1/s1. The lowest BCUT2D eigenvalue weighted by Crippen LogP contribution is -2.59. The third-order valence-electron chi connectivity index (χ3n) is 9.62. The molecule has 17 heteroatoms. The number of carbonyl (C=O) groups excluding carboxylic acids is 1. The highest BCUT2D eigenvalue weighted by atomic mass is 32.2. The van der Waals surface area contributed by atoms with Crippen LogP contribution in [-0.2, 0) is 35.4 Å². The maximum Gasteiger partial charge on any atom is 0.416 e. The second-order valence-corrected chi connectivity index (χ2v) is 16.5. The van der Waals surface area contributed by atoms with Gasteiger partial charge in [-0.2, -0.15) is 25.9 Å². The van der Waals surface area contributed by atoms with E-state index in [-0.39, 0.29) is 30.9 Å². The number of hydrogen-bond donors (Lipinski definition) is 6. The molecule has 2 saturated heterocycles. The molecule has 0 amide bonds. The largest absolute Gasteiger partial charge is 0.462 e. The number of cyclic esters (lactones) is 1. The van der Waals surface area contributed by atoms with Crippen LogP contribution in [0.1, 0.15) is 73.3 Å². The summed E-state index contributed by atoms with van der Waals surface area (Å²) in [5, 5.41) is 48.2. The summed E-state index contributed by atoms with van der Waals surface area (Å²) in [6.07, 6.45) is -10.2. The fraction of sp³-hybridized carbons (Fsp3) is 0.788. The molecule has 50 heavy (non-hydrogen) atoms. The minimum atomic E-state index is -4.60. The lowest BCUT2D eigenvalue weighted by atomic mass is 9.79. The van der Waals surface area contributed by atoms with E-state index < -0.39 is 100 Å². The van der Waals surface area contributed by atoms with Crippen molar-refractivity contribution < 1.29 is 61.0 Å². The number of carbonyl (C=O) groups is 1. The zero-order valence-corrected chi connectivity index (χ0v) is 30.7. The van der Waals surface area contributed by atoms with Crippen LogP contribution in [0.15, 0.2) is 24.3 Å². The molecule has 3 rings (SSSR count). The summed E-state index contributed by atoms with van der Waals surface area (Å²) in [7, 11) is -3.18. The SMILES string of the molecule is CC1CNC(C)C(O)C(C)(O)COC(=O)C(C)CC(C)C(O[C@@H]2O[C@H](C)C[C@H](N(C)S(=O)(=O)Nc3ccc(C(F)(F)F)cc3)[C@H]2O)C(C)(O)C1. The molecule has 0 spiro atoms. The van der Waals surface area contributed by atoms with Crippen LogP contribution in [0.3, 0.4) is 0 Å². The molecule has 0 aromatic heterocycles. The lowest BCUT2D eigenvalue weighted by molar-refractivity contribution is -0.293. The first-order valence-corrected chi connectivity index (χ1v) is 18.2. The normalized spacial score (nSPS) is 38.9. The predicted octanol–water partition coefficient (Wildman–Crippen LogP) is 2.63. The van der Waals surface area contributed by atoms with E-state index in [1.165, 1.54) is 14.0 Å². The smallest absolute Gasteiger partial charge is 0.416 e. The van der Waals surface area contributed by atoms with Gasteiger partial charge in [-0.1, -0.05) is 20.8 Å². The Hall–Kier alpha value is -2.09. The first-order chi connectivity index (χ1) is 22.9. The second-order valence-electron chi connectivity index (χ2n) is 14.8. The van der Waals surface area contributed by atoms with E-state index in [1.807, 2.05) is 6.92 Å². The average molecular weight is 742 g/mol. The highest BCUT2D eigenvalue weighted by molar-refractivity contribution is 7.90. The molecular formula is C33H54F3N3O10S. The number of nitrogens with zero attached hydrogens (tertiary/aromatic N) is 1. The number of nitrogens with one attached hydrogen (secondary N) is 2. The zero-order chi connectivity index (χ0) is 38.0. The van der Waals surface area contributed by atoms with Crippen molar-refractivity contribution in [2.24, 2.45) is 17.8 Å². The van der Waals surface area contributed by atoms with Crippen molar-refractivity contribution in [2.75, 3.05) is 24.9 Å². The van der Waals surface area contributed by atoms with Gasteiger partial charge in [-0.05, 0) is 89.6 Å². The van der Waals surface area contributed by atoms with Crippen molar-refractivity contribution in [3.63, 3.8) is 0 Å². The molecule has 2 aliphatic heterocycles. The van der Waals surface area contributed by atoms with Gasteiger partial charge in [0.25, 0.3) is 0 Å². The van der Waals surface area contributed by atoms with Crippen LogP contribution >= 0.6 is 0 Å². The monoisotopic (exact) mass is 741 g/mol. The van der Waals surface area contributed by atoms with Crippen molar-refractivity contribution >= 4 is 21.9 Å². The Morgan fingerprint density at radius 2 is 1.62 bits per heavy atom. The number of halogens is 3. The van der Waals surface area contributed by atoms with E-state index in [0.29, 0.717) is 6.54 Å². The van der Waals surface area contributed by atoms with Gasteiger partial charge in [-0.15, -0.1) is 0 Å². The quantitative estimate of drug-likeness (QED) is 0.236. The Labute approximate surface area is 292 Å². The minimum Gasteiger partial charge on any atom is -0.462 e. The van der Waals surface area contributed by atoms with Crippen molar-refractivity contribution in [2.45, 2.75) is 128 Å². The van der Waals surface area contributed by atoms with E-state index in [4.69, 9.17) is 14.2 Å². The summed E-state index contributed by atoms with van der Waals surface area (Å²) in [6.45, 7) is 11.4. The van der Waals surface area contributed by atoms with Crippen LogP contribution in [0.2, 0.25) is 0 Å². The summed E-state index contributed by atoms with van der Waals surface area (Å²) in [4.78, 5) is 13.0. The Balaban J connectivity index is 1.86. The number of anilines is 1. The number of aliphatic hydroxyl groups is 4. The molecule has 2 aliphatic rings. The Bertz CT molecular complexity index is 1380. The summed E-state index contributed by atoms with van der Waals surface area (Å²) in [5.41, 5.74) is -4.36. The number of likely N-dealkylation sites (N-methyl/N-ethyl adjacent to an activating group) is 1. The molecule has 13 nitrogen and oxygen atoms in total. The Morgan fingerprint density at radius 1 is 1.02 bits per heavy atom. The van der Waals surface area contributed by atoms with Gasteiger partial charge in [0.05, 0.1) is 35.3 Å². The molecule has 0 aliphatic carbocycles. The van der Waals surface area contributed by atoms with Crippen LogP contribution < -0.4 is 10.0 Å². The second kappa shape index (κ2) is 16.3. The van der Waals surface area contributed by atoms with Crippen LogP contribution in [0.25, 0.3) is 0 Å². The van der Waals surface area contributed by atoms with E-state index in [9.17, 15) is 46.8 Å². The molecule has 0 saturated carbocycles. The number of rotatable bonds is 6. The first kappa shape index (κ1) is 42.3. The van der Waals surface area contributed by atoms with Crippen molar-refractivity contribution in [1.82, 2.24) is 9.62 Å². The van der Waals surface area contributed by atoms with Gasteiger partial charge in [0.15, 0.2) is 6.29 Å². The molecule has 1 aromatic rings. The summed E-state index contributed by atoms with van der Waals surface area (Å²) < 4.78 is 86.5. The van der Waals surface area contributed by atoms with Crippen LogP contribution in [0, 0.1) is 17.8 Å². The molecule has 2 fully saturated rings. The third kappa shape index (κ3) is 10.7. The van der Waals surface area contributed by atoms with Crippen molar-refractivity contribution in [1.29, 1.82) is 0 Å². The molecule has 6 N–H and O–H groups in total. The fourth-order valence-corrected chi connectivity index (χ4v) is 7.97. The molecule has 12 atom stereocenters. The summed E-state index contributed by atoms with van der Waals surface area (Å²) >= 11 is 0. The van der Waals surface area contributed by atoms with Gasteiger partial charge in [0.1, 0.15) is 24.4 Å². The molecule has 1 aromatic carbocycles. The fourth-order valence-electron chi connectivity index (χ4n) is 6.82. The van der Waals surface area contributed by atoms with Crippen LogP contribution in [0.4, 0.5) is 18.9 Å². The highest BCUT2D eigenvalue weighted by Gasteiger charge is 2.48. The number of ether oxygens (including phenoxy) is 3. The maximum atomic E-state index is 13.3. The van der Waals surface area contributed by atoms with Gasteiger partial charge >= 0.3 is 22.4 Å². The number of esters is 1. The number of aliphatic hydroxyl groups excluding tert-OH is 2. The Morgan fingerprint density at radius 3 is 2.20 bits per heavy atom. The topological polar surface area (TPSA) is 187 Å². The maximum absolute atomic E-state index is 13.3. The van der Waals surface area contributed by atoms with Gasteiger partial charge in [0.2, 0.25) is 0 Å². The zero-order valence-electron chi connectivity index (χ0n) is 29.8. The molecule has 2 heterocycles. The predicted molar refractivity (Wildman–Crippen MR) is 178 cm³/mol. The summed E-state index contributed by atoms with van der Waals surface area (Å²) in [6, 6.07) is 1.77. The van der Waals surface area contributed by atoms with Gasteiger partial charge < -0.3 is 40.0 Å². The van der Waals surface area contributed by atoms with Crippen LogP contribution in [-0.4, -0.2) is 113 Å². The lowest BCUT2D eigenvalue weighted by Gasteiger charge is -2.46. The highest BCUT2D eigenvalue weighted by Crippen LogP contribution is 2.36. The number of benzene rings is 1. The van der Waals surface area contributed by atoms with Gasteiger partial charge in [-0.25, -0.2) is 0 Å². The number of alkyl halides is 3. The first-order valence-electron chi connectivity index (χ1n) is 16.8. The van der Waals surface area contributed by atoms with E-state index >= 15 is 0 Å². The van der Waals surface area contributed by atoms with Gasteiger partial charge in [-0.3, -0.25) is 9.52 Å². The van der Waals surface area contributed by atoms with Crippen LogP contribution in [0.5, 0.6) is 0 Å². The van der Waals surface area contributed by atoms with E-state index in [1.54, 1.807) is 34.6 Å². The molecule has 288 valence electrons. The van der Waals surface area contributed by atoms with Crippen molar-refractivity contribution in [3.05, 3.63) is 29.8 Å². The van der Waals surface area contributed by atoms with E-state index in [2.05, 4.69) is 10.0 Å². The molecule has 8 unspecified atom stereocenters. The summed E-state index contributed by atoms with van der Waals surface area (Å²) in [5.74, 6) is -2.10. The van der Waals surface area contributed by atoms with E-state index in [0.717, 1.165) is 28.6 Å². The third-order valence-corrected chi connectivity index (χ3v) is 11.1. The molecule has 0 radical (unpaired) electrons. The molecule has 0 bridgehead atoms. The van der Waals surface area contributed by atoms with Gasteiger partial charge in [0, 0.05) is 18.8 Å². The number of hydrogen-bond acceptors (Lipinski definition) is 11. The minimum absolute atomic E-state index is 0.0431. The Kier molecular flexibility index (Phi) is 13.8. The molecular weight excluding hydrogens is 687 g/mol.